The van der Waals surface area contributed by atoms with Crippen molar-refractivity contribution in [2.45, 2.75) is 142 Å². The monoisotopic (exact) mass is 976 g/mol. The highest BCUT2D eigenvalue weighted by atomic mass is 79.9. The molecule has 3 N–H and O–H groups in total. The van der Waals surface area contributed by atoms with Gasteiger partial charge in [0.1, 0.15) is 13.5 Å². The van der Waals surface area contributed by atoms with E-state index in [0.29, 0.717) is 27.7 Å². The van der Waals surface area contributed by atoms with Gasteiger partial charge >= 0.3 is 0 Å². The van der Waals surface area contributed by atoms with E-state index in [0.717, 1.165) is 43.7 Å². The fraction of sp³-hybridized carbons (Fsp3) is 0.600. The van der Waals surface area contributed by atoms with Crippen LogP contribution in [0.2, 0.25) is 51.4 Å². The van der Waals surface area contributed by atoms with Crippen LogP contribution in [-0.4, -0.2) is 58.9 Å². The van der Waals surface area contributed by atoms with Gasteiger partial charge < -0.3 is 20.5 Å². The van der Waals surface area contributed by atoms with E-state index in [1.165, 1.54) is 120 Å². The van der Waals surface area contributed by atoms with E-state index in [2.05, 4.69) is 125 Å². The molecule has 0 atom stereocenters. The minimum Gasteiger partial charge on any atom is -0.398 e. The molecule has 4 aliphatic carbocycles. The van der Waals surface area contributed by atoms with Gasteiger partial charge in [0.25, 0.3) is 0 Å². The number of nitrogen functional groups attached to an aromatic ring is 1. The molecule has 0 bridgehead atoms. The Morgan fingerprint density at radius 2 is 1.04 bits per heavy atom. The summed E-state index contributed by atoms with van der Waals surface area (Å²) in [5.74, 6) is 0.768. The van der Waals surface area contributed by atoms with Crippen LogP contribution in [0.3, 0.4) is 0 Å². The summed E-state index contributed by atoms with van der Waals surface area (Å²) in [4.78, 5) is 8.62. The number of hydrogen-bond donors (Lipinski definition) is 2. The number of halogens is 3. The molecule has 0 spiro atoms. The zero-order valence-corrected chi connectivity index (χ0v) is 40.4. The predicted octanol–water partition coefficient (Wildman–Crippen LogP) is 10.4. The molecule has 0 saturated heterocycles. The highest BCUT2D eigenvalue weighted by Gasteiger charge is 2.26. The second kappa shape index (κ2) is 18.8. The third-order valence-corrected chi connectivity index (χ3v) is 15.6. The lowest BCUT2D eigenvalue weighted by molar-refractivity contribution is 0.0764. The minimum atomic E-state index is -1.08. The summed E-state index contributed by atoms with van der Waals surface area (Å²) in [5.41, 5.74) is 20.7. The molecule has 0 fully saturated rings. The molecule has 0 radical (unpaired) electrons. The van der Waals surface area contributed by atoms with Gasteiger partial charge in [0.15, 0.2) is 4.73 Å². The Hall–Kier alpha value is -1.89. The molecule has 55 heavy (non-hydrogen) atoms. The fourth-order valence-electron chi connectivity index (χ4n) is 7.87. The van der Waals surface area contributed by atoms with Gasteiger partial charge in [0.2, 0.25) is 15.4 Å². The van der Waals surface area contributed by atoms with Crippen molar-refractivity contribution in [3.63, 3.8) is 0 Å². The molecule has 4 aromatic rings. The van der Waals surface area contributed by atoms with Crippen LogP contribution in [0.4, 0.5) is 17.3 Å². The summed E-state index contributed by atoms with van der Waals surface area (Å²) in [6.45, 7) is 16.5. The first-order valence-electron chi connectivity index (χ1n) is 20.0. The van der Waals surface area contributed by atoms with Crippen LogP contribution in [0, 0.1) is 0 Å². The Morgan fingerprint density at radius 1 is 0.618 bits per heavy atom. The Labute approximate surface area is 354 Å². The Morgan fingerprint density at radius 3 is 1.49 bits per heavy atom. The number of nitrogens with two attached hydrogens (primary N) is 1. The summed E-state index contributed by atoms with van der Waals surface area (Å²) >= 11 is 9.93. The number of aromatic nitrogens is 6. The van der Waals surface area contributed by atoms with E-state index >= 15 is 0 Å². The lowest BCUT2D eigenvalue weighted by atomic mass is 9.99. The van der Waals surface area contributed by atoms with Gasteiger partial charge in [0.05, 0.1) is 0 Å². The summed E-state index contributed by atoms with van der Waals surface area (Å²) in [6.07, 6.45) is 14.8. The van der Waals surface area contributed by atoms with Gasteiger partial charge in [-0.25, -0.2) is 9.36 Å². The summed E-state index contributed by atoms with van der Waals surface area (Å²) in [6, 6.07) is 7.20. The first kappa shape index (κ1) is 42.7. The van der Waals surface area contributed by atoms with Crippen molar-refractivity contribution in [2.24, 2.45) is 0 Å². The lowest BCUT2D eigenvalue weighted by Gasteiger charge is -2.18. The average molecular weight is 980 g/mol. The van der Waals surface area contributed by atoms with Crippen LogP contribution in [0.1, 0.15) is 70.2 Å². The number of anilines is 3. The summed E-state index contributed by atoms with van der Waals surface area (Å²) in [5, 5.41) is 12.2. The van der Waals surface area contributed by atoms with Crippen LogP contribution < -0.4 is 11.1 Å². The molecular formula is C40H59Br3N8O2Si2. The Bertz CT molecular complexity index is 1890. The third kappa shape index (κ3) is 11.6. The van der Waals surface area contributed by atoms with Gasteiger partial charge in [-0.2, -0.15) is 9.97 Å². The molecule has 0 amide bonds. The van der Waals surface area contributed by atoms with Gasteiger partial charge in [-0.05, 0) is 181 Å². The molecule has 0 unspecified atom stereocenters. The molecule has 0 aliphatic heterocycles. The van der Waals surface area contributed by atoms with E-state index in [4.69, 9.17) is 15.2 Å². The SMILES string of the molecule is C[Si](C)(C)CCOCn1nc(Br)nc1Br.C[Si](C)(C)CCOCn1nc(Br)nc1Nc1c2c(cc3c1CCC3)CCC2.Nc1c2c(cc3c1CCC3)CCC2. The second-order valence-corrected chi connectivity index (χ2v) is 31.1. The topological polar surface area (TPSA) is 118 Å². The molecule has 2 aromatic carbocycles. The summed E-state index contributed by atoms with van der Waals surface area (Å²) < 4.78 is 16.8. The zero-order chi connectivity index (χ0) is 39.3. The van der Waals surface area contributed by atoms with E-state index < -0.39 is 16.1 Å². The molecule has 2 aromatic heterocycles. The van der Waals surface area contributed by atoms with Crippen molar-refractivity contribution < 1.29 is 9.47 Å². The second-order valence-electron chi connectivity index (χ2n) is 17.7. The smallest absolute Gasteiger partial charge is 0.228 e. The average Bonchev–Trinajstić information content (AvgIpc) is 3.96. The maximum absolute atomic E-state index is 6.19. The van der Waals surface area contributed by atoms with Gasteiger partial charge in [-0.3, -0.25) is 0 Å². The number of hydrogen-bond acceptors (Lipinski definition) is 8. The van der Waals surface area contributed by atoms with E-state index in [1.807, 2.05) is 4.68 Å². The maximum atomic E-state index is 6.19. The molecule has 2 heterocycles. The van der Waals surface area contributed by atoms with E-state index in [1.54, 1.807) is 4.68 Å². The van der Waals surface area contributed by atoms with Crippen LogP contribution >= 0.6 is 47.8 Å². The van der Waals surface area contributed by atoms with Crippen molar-refractivity contribution >= 4 is 81.3 Å². The molecule has 4 aliphatic rings. The number of aryl methyl sites for hydroxylation is 4. The van der Waals surface area contributed by atoms with Crippen LogP contribution in [-0.2, 0) is 74.3 Å². The molecule has 0 saturated carbocycles. The van der Waals surface area contributed by atoms with Crippen molar-refractivity contribution in [3.8, 4) is 0 Å². The lowest BCUT2D eigenvalue weighted by Crippen LogP contribution is -2.22. The Kier molecular flexibility index (Phi) is 14.6. The molecule has 15 heteroatoms. The van der Waals surface area contributed by atoms with Gasteiger partial charge in [0, 0.05) is 40.7 Å². The number of ether oxygens (including phenoxy) is 2. The third-order valence-electron chi connectivity index (χ3n) is 10.9. The number of nitrogens with zero attached hydrogens (tertiary/aromatic N) is 6. The molecule has 10 nitrogen and oxygen atoms in total. The maximum Gasteiger partial charge on any atom is 0.228 e. The van der Waals surface area contributed by atoms with Gasteiger partial charge in [-0.1, -0.05) is 51.4 Å². The fourth-order valence-corrected chi connectivity index (χ4v) is 10.7. The predicted molar refractivity (Wildman–Crippen MR) is 240 cm³/mol. The normalized spacial score (nSPS) is 15.5. The molecular weight excluding hydrogens is 920 g/mol. The van der Waals surface area contributed by atoms with Crippen LogP contribution in [0.5, 0.6) is 0 Å². The highest BCUT2D eigenvalue weighted by molar-refractivity contribution is 9.11. The highest BCUT2D eigenvalue weighted by Crippen LogP contribution is 2.40. The number of rotatable bonds is 12. The number of benzene rings is 2. The van der Waals surface area contributed by atoms with Crippen LogP contribution in [0.25, 0.3) is 0 Å². The number of nitrogens with one attached hydrogen (secondary N) is 1. The van der Waals surface area contributed by atoms with Crippen LogP contribution in [0.15, 0.2) is 26.3 Å². The van der Waals surface area contributed by atoms with Gasteiger partial charge in [-0.15, -0.1) is 10.2 Å². The first-order valence-corrected chi connectivity index (χ1v) is 29.8. The van der Waals surface area contributed by atoms with E-state index in [9.17, 15) is 0 Å². The van der Waals surface area contributed by atoms with Crippen molar-refractivity contribution in [1.29, 1.82) is 0 Å². The largest absolute Gasteiger partial charge is 0.398 e. The first-order chi connectivity index (χ1) is 26.1. The quantitative estimate of drug-likeness (QED) is 0.0819. The zero-order valence-electron chi connectivity index (χ0n) is 33.6. The number of fused-ring (bicyclic) bond motifs is 4. The summed E-state index contributed by atoms with van der Waals surface area (Å²) in [7, 11) is -2.08. The van der Waals surface area contributed by atoms with E-state index in [-0.39, 0.29) is 0 Å². The molecule has 300 valence electrons. The van der Waals surface area contributed by atoms with Crippen molar-refractivity contribution in [3.05, 3.63) is 70.8 Å². The molecule has 8 rings (SSSR count). The standard InChI is InChI=1S/C20H29BrN4OSi.C12H15N.C8H15Br2N3OSi/c1-27(2,3)11-10-26-13-25-20(23-19(21)24-25)22-18-16-8-4-6-14(16)12-15-7-5-9-17(15)18;13-12-10-5-1-3-8(10)7-9-4-2-6-11(9)12;1-15(2,3)5-4-14-6-13-8(10)11-7(9)12-13/h12H,4-11,13H2,1-3H3,(H,22,23,24);7H,1-6,13H2;4-6H2,1-3H3. The van der Waals surface area contributed by atoms with Crippen molar-refractivity contribution in [1.82, 2.24) is 29.5 Å². The Balaban J connectivity index is 0.000000155. The van der Waals surface area contributed by atoms with Crippen molar-refractivity contribution in [2.75, 3.05) is 24.3 Å². The minimum absolute atomic E-state index is 0.433.